The molecule has 58 valence electrons. The Labute approximate surface area is 68.7 Å². The van der Waals surface area contributed by atoms with Crippen LogP contribution in [0.2, 0.25) is 0 Å². The first kappa shape index (κ1) is 8.21. The molecule has 0 aliphatic carbocycles. The molecular formula is C7H8N2OS. The lowest BCUT2D eigenvalue weighted by atomic mass is 10.2. The highest BCUT2D eigenvalue weighted by molar-refractivity contribution is 7.10. The summed E-state index contributed by atoms with van der Waals surface area (Å²) in [6.07, 6.45) is 0. The van der Waals surface area contributed by atoms with Gasteiger partial charge in [0, 0.05) is 4.88 Å². The number of rotatable bonds is 2. The van der Waals surface area contributed by atoms with Crippen LogP contribution in [0.5, 0.6) is 0 Å². The first-order valence-electron chi connectivity index (χ1n) is 3.13. The fraction of sp³-hybridized carbons (Fsp3) is 0.286. The number of hydrogen-bond donors (Lipinski definition) is 2. The van der Waals surface area contributed by atoms with Crippen molar-refractivity contribution in [2.45, 2.75) is 6.04 Å². The average Bonchev–Trinajstić information content (AvgIpc) is 2.50. The minimum absolute atomic E-state index is 0.116. The van der Waals surface area contributed by atoms with Gasteiger partial charge in [0.25, 0.3) is 0 Å². The summed E-state index contributed by atoms with van der Waals surface area (Å²) in [5.41, 5.74) is 6.09. The van der Waals surface area contributed by atoms with E-state index in [0.717, 1.165) is 4.88 Å². The molecule has 0 fully saturated rings. The van der Waals surface area contributed by atoms with Gasteiger partial charge in [-0.15, -0.1) is 11.3 Å². The number of nitriles is 1. The van der Waals surface area contributed by atoms with Gasteiger partial charge in [-0.1, -0.05) is 0 Å². The maximum Gasteiger partial charge on any atom is 0.100 e. The van der Waals surface area contributed by atoms with E-state index in [0.29, 0.717) is 5.56 Å². The summed E-state index contributed by atoms with van der Waals surface area (Å²) in [6, 6.07) is 3.30. The van der Waals surface area contributed by atoms with Crippen LogP contribution in [0, 0.1) is 11.3 Å². The number of thiophene rings is 1. The van der Waals surface area contributed by atoms with Gasteiger partial charge in [0.15, 0.2) is 0 Å². The molecule has 3 N–H and O–H groups in total. The number of hydrogen-bond acceptors (Lipinski definition) is 4. The lowest BCUT2D eigenvalue weighted by Gasteiger charge is -2.04. The Balaban J connectivity index is 2.95. The Kier molecular flexibility index (Phi) is 2.60. The normalized spacial score (nSPS) is 12.5. The van der Waals surface area contributed by atoms with Gasteiger partial charge in [0.05, 0.1) is 18.2 Å². The monoisotopic (exact) mass is 168 g/mol. The fourth-order valence-electron chi connectivity index (χ4n) is 0.783. The molecule has 0 spiro atoms. The summed E-state index contributed by atoms with van der Waals surface area (Å²) in [7, 11) is 0. The van der Waals surface area contributed by atoms with Crippen molar-refractivity contribution in [1.29, 1.82) is 5.26 Å². The van der Waals surface area contributed by atoms with E-state index >= 15 is 0 Å². The van der Waals surface area contributed by atoms with Gasteiger partial charge in [-0.3, -0.25) is 0 Å². The van der Waals surface area contributed by atoms with Crippen molar-refractivity contribution in [2.24, 2.45) is 5.73 Å². The van der Waals surface area contributed by atoms with Crippen molar-refractivity contribution in [3.8, 4) is 6.07 Å². The molecule has 1 heterocycles. The summed E-state index contributed by atoms with van der Waals surface area (Å²) < 4.78 is 0. The lowest BCUT2D eigenvalue weighted by molar-refractivity contribution is 0.269. The molecule has 0 aromatic carbocycles. The zero-order valence-electron chi connectivity index (χ0n) is 5.82. The Morgan fingerprint density at radius 2 is 2.55 bits per heavy atom. The minimum Gasteiger partial charge on any atom is -0.394 e. The number of aliphatic hydroxyl groups is 1. The van der Waals surface area contributed by atoms with E-state index in [9.17, 15) is 0 Å². The third-order valence-electron chi connectivity index (χ3n) is 1.35. The molecule has 0 amide bonds. The predicted octanol–water partition coefficient (Wildman–Crippen LogP) is 0.612. The molecule has 1 aromatic rings. The zero-order valence-corrected chi connectivity index (χ0v) is 6.64. The molecule has 1 unspecified atom stereocenters. The second kappa shape index (κ2) is 3.49. The van der Waals surface area contributed by atoms with Crippen molar-refractivity contribution in [3.05, 3.63) is 21.9 Å². The minimum atomic E-state index is -0.412. The Bertz CT molecular complexity index is 276. The molecule has 0 aliphatic heterocycles. The average molecular weight is 168 g/mol. The first-order valence-corrected chi connectivity index (χ1v) is 4.01. The third kappa shape index (κ3) is 1.57. The molecule has 0 saturated carbocycles. The maximum atomic E-state index is 8.70. The van der Waals surface area contributed by atoms with Gasteiger partial charge in [-0.05, 0) is 11.4 Å². The third-order valence-corrected chi connectivity index (χ3v) is 2.40. The van der Waals surface area contributed by atoms with Crippen LogP contribution in [0.1, 0.15) is 16.5 Å². The Morgan fingerprint density at radius 3 is 3.09 bits per heavy atom. The van der Waals surface area contributed by atoms with E-state index in [4.69, 9.17) is 16.1 Å². The van der Waals surface area contributed by atoms with Crippen molar-refractivity contribution in [3.63, 3.8) is 0 Å². The molecular weight excluding hydrogens is 160 g/mol. The van der Waals surface area contributed by atoms with Crippen molar-refractivity contribution in [1.82, 2.24) is 0 Å². The van der Waals surface area contributed by atoms with E-state index in [1.807, 2.05) is 6.07 Å². The second-order valence-corrected chi connectivity index (χ2v) is 3.05. The quantitative estimate of drug-likeness (QED) is 0.679. The van der Waals surface area contributed by atoms with Gasteiger partial charge in [-0.2, -0.15) is 5.26 Å². The molecule has 0 aliphatic rings. The van der Waals surface area contributed by atoms with E-state index in [1.165, 1.54) is 11.3 Å². The largest absolute Gasteiger partial charge is 0.394 e. The number of aliphatic hydroxyl groups excluding tert-OH is 1. The highest BCUT2D eigenvalue weighted by Gasteiger charge is 2.10. The molecule has 0 saturated heterocycles. The number of nitrogens with two attached hydrogens (primary N) is 1. The Hall–Kier alpha value is -0.890. The molecule has 4 heteroatoms. The fourth-order valence-corrected chi connectivity index (χ4v) is 1.62. The molecule has 11 heavy (non-hydrogen) atoms. The lowest BCUT2D eigenvalue weighted by Crippen LogP contribution is -2.13. The first-order chi connectivity index (χ1) is 5.29. The molecule has 3 nitrogen and oxygen atoms in total. The molecule has 0 radical (unpaired) electrons. The predicted molar refractivity (Wildman–Crippen MR) is 43.0 cm³/mol. The van der Waals surface area contributed by atoms with Gasteiger partial charge in [0.2, 0.25) is 0 Å². The number of nitrogens with zero attached hydrogens (tertiary/aromatic N) is 1. The van der Waals surface area contributed by atoms with Gasteiger partial charge < -0.3 is 10.8 Å². The summed E-state index contributed by atoms with van der Waals surface area (Å²) in [6.45, 7) is -0.116. The zero-order chi connectivity index (χ0) is 8.27. The highest BCUT2D eigenvalue weighted by atomic mass is 32.1. The summed E-state index contributed by atoms with van der Waals surface area (Å²) in [4.78, 5) is 0.759. The maximum absolute atomic E-state index is 8.70. The van der Waals surface area contributed by atoms with Gasteiger partial charge >= 0.3 is 0 Å². The smallest absolute Gasteiger partial charge is 0.100 e. The molecule has 1 aromatic heterocycles. The van der Waals surface area contributed by atoms with E-state index in [-0.39, 0.29) is 6.61 Å². The molecule has 1 rings (SSSR count). The van der Waals surface area contributed by atoms with Crippen LogP contribution in [0.15, 0.2) is 11.4 Å². The summed E-state index contributed by atoms with van der Waals surface area (Å²) in [5.74, 6) is 0. The van der Waals surface area contributed by atoms with Crippen LogP contribution >= 0.6 is 11.3 Å². The van der Waals surface area contributed by atoms with Crippen LogP contribution in [0.25, 0.3) is 0 Å². The van der Waals surface area contributed by atoms with E-state index in [1.54, 1.807) is 11.4 Å². The summed E-state index contributed by atoms with van der Waals surface area (Å²) >= 11 is 1.40. The van der Waals surface area contributed by atoms with Crippen molar-refractivity contribution < 1.29 is 5.11 Å². The highest BCUT2D eigenvalue weighted by Crippen LogP contribution is 2.21. The van der Waals surface area contributed by atoms with Crippen LogP contribution in [0.3, 0.4) is 0 Å². The van der Waals surface area contributed by atoms with E-state index < -0.39 is 6.04 Å². The van der Waals surface area contributed by atoms with Crippen LogP contribution in [-0.2, 0) is 0 Å². The SMILES string of the molecule is N#Cc1ccsc1C(N)CO. The molecule has 1 atom stereocenters. The Morgan fingerprint density at radius 1 is 1.82 bits per heavy atom. The topological polar surface area (TPSA) is 70.0 Å². The standard InChI is InChI=1S/C7H8N2OS/c8-3-5-1-2-11-7(5)6(9)4-10/h1-2,6,10H,4,9H2. The van der Waals surface area contributed by atoms with E-state index in [2.05, 4.69) is 0 Å². The van der Waals surface area contributed by atoms with Crippen LogP contribution in [-0.4, -0.2) is 11.7 Å². The second-order valence-electron chi connectivity index (χ2n) is 2.10. The molecule has 0 bridgehead atoms. The van der Waals surface area contributed by atoms with Crippen LogP contribution in [0.4, 0.5) is 0 Å². The van der Waals surface area contributed by atoms with Crippen LogP contribution < -0.4 is 5.73 Å². The summed E-state index contributed by atoms with van der Waals surface area (Å²) in [5, 5.41) is 19.1. The van der Waals surface area contributed by atoms with Gasteiger partial charge in [-0.25, -0.2) is 0 Å². The van der Waals surface area contributed by atoms with Crippen molar-refractivity contribution >= 4 is 11.3 Å². The van der Waals surface area contributed by atoms with Crippen molar-refractivity contribution in [2.75, 3.05) is 6.61 Å². The van der Waals surface area contributed by atoms with Gasteiger partial charge in [0.1, 0.15) is 6.07 Å².